The van der Waals surface area contributed by atoms with Gasteiger partial charge in [0.2, 0.25) is 5.95 Å². The first kappa shape index (κ1) is 14.8. The predicted octanol–water partition coefficient (Wildman–Crippen LogP) is 3.48. The van der Waals surface area contributed by atoms with E-state index >= 15 is 0 Å². The average molecular weight is 301 g/mol. The first-order valence-electron chi connectivity index (χ1n) is 5.52. The SMILES string of the molecule is O=C(O)c1ccc(-c2cccc(OC(F)(F)F)c2)nc1F. The highest BCUT2D eigenvalue weighted by molar-refractivity contribution is 5.87. The lowest BCUT2D eigenvalue weighted by atomic mass is 10.1. The van der Waals surface area contributed by atoms with Gasteiger partial charge in [-0.15, -0.1) is 13.2 Å². The van der Waals surface area contributed by atoms with E-state index < -0.39 is 29.6 Å². The van der Waals surface area contributed by atoms with Crippen LogP contribution in [-0.4, -0.2) is 22.4 Å². The van der Waals surface area contributed by atoms with Gasteiger partial charge in [-0.25, -0.2) is 9.78 Å². The molecule has 0 aliphatic carbocycles. The number of hydrogen-bond acceptors (Lipinski definition) is 3. The fourth-order valence-electron chi connectivity index (χ4n) is 1.61. The number of hydrogen-bond donors (Lipinski definition) is 1. The number of aromatic carboxylic acids is 1. The fraction of sp³-hybridized carbons (Fsp3) is 0.0769. The van der Waals surface area contributed by atoms with Crippen molar-refractivity contribution in [3.05, 3.63) is 47.9 Å². The van der Waals surface area contributed by atoms with Crippen molar-refractivity contribution in [3.8, 4) is 17.0 Å². The van der Waals surface area contributed by atoms with E-state index in [0.717, 1.165) is 18.2 Å². The number of carboxylic acids is 1. The van der Waals surface area contributed by atoms with E-state index in [1.54, 1.807) is 0 Å². The van der Waals surface area contributed by atoms with Gasteiger partial charge in [-0.2, -0.15) is 4.39 Å². The molecule has 0 fully saturated rings. The van der Waals surface area contributed by atoms with Gasteiger partial charge in [0.05, 0.1) is 5.69 Å². The minimum Gasteiger partial charge on any atom is -0.478 e. The second-order valence-electron chi connectivity index (χ2n) is 3.92. The van der Waals surface area contributed by atoms with E-state index in [9.17, 15) is 22.4 Å². The smallest absolute Gasteiger partial charge is 0.478 e. The number of rotatable bonds is 3. The van der Waals surface area contributed by atoms with Crippen LogP contribution in [-0.2, 0) is 0 Å². The Bertz CT molecular complexity index is 685. The van der Waals surface area contributed by atoms with Crippen molar-refractivity contribution < 1.29 is 32.2 Å². The summed E-state index contributed by atoms with van der Waals surface area (Å²) in [6.07, 6.45) is -4.84. The van der Waals surface area contributed by atoms with Crippen LogP contribution < -0.4 is 4.74 Å². The van der Waals surface area contributed by atoms with Gasteiger partial charge in [-0.1, -0.05) is 12.1 Å². The summed E-state index contributed by atoms with van der Waals surface area (Å²) in [7, 11) is 0. The molecule has 8 heteroatoms. The van der Waals surface area contributed by atoms with E-state index in [1.807, 2.05) is 0 Å². The number of halogens is 4. The molecule has 0 aliphatic rings. The lowest BCUT2D eigenvalue weighted by Crippen LogP contribution is -2.17. The molecule has 0 bridgehead atoms. The van der Waals surface area contributed by atoms with Crippen LogP contribution >= 0.6 is 0 Å². The molecule has 2 aromatic rings. The first-order valence-corrected chi connectivity index (χ1v) is 5.52. The van der Waals surface area contributed by atoms with Crippen molar-refractivity contribution in [1.82, 2.24) is 4.98 Å². The molecular weight excluding hydrogens is 294 g/mol. The summed E-state index contributed by atoms with van der Waals surface area (Å²) >= 11 is 0. The Morgan fingerprint density at radius 3 is 2.48 bits per heavy atom. The summed E-state index contributed by atoms with van der Waals surface area (Å²) in [6, 6.07) is 6.96. The Balaban J connectivity index is 2.36. The lowest BCUT2D eigenvalue weighted by Gasteiger charge is -2.10. The molecule has 0 spiro atoms. The second-order valence-corrected chi connectivity index (χ2v) is 3.92. The van der Waals surface area contributed by atoms with Crippen LogP contribution in [0.25, 0.3) is 11.3 Å². The molecule has 1 N–H and O–H groups in total. The molecule has 1 aromatic heterocycles. The third kappa shape index (κ3) is 3.68. The number of aromatic nitrogens is 1. The maximum Gasteiger partial charge on any atom is 0.573 e. The fourth-order valence-corrected chi connectivity index (χ4v) is 1.61. The summed E-state index contributed by atoms with van der Waals surface area (Å²) in [5.41, 5.74) is -0.473. The quantitative estimate of drug-likeness (QED) is 0.696. The zero-order valence-electron chi connectivity index (χ0n) is 10.2. The van der Waals surface area contributed by atoms with Crippen molar-refractivity contribution >= 4 is 5.97 Å². The summed E-state index contributed by atoms with van der Waals surface area (Å²) in [4.78, 5) is 14.1. The molecule has 0 saturated heterocycles. The Kier molecular flexibility index (Phi) is 3.79. The number of pyridine rings is 1. The van der Waals surface area contributed by atoms with Gasteiger partial charge in [-0.05, 0) is 24.3 Å². The van der Waals surface area contributed by atoms with Gasteiger partial charge in [-0.3, -0.25) is 0 Å². The molecule has 110 valence electrons. The van der Waals surface area contributed by atoms with Crippen LogP contribution in [0.5, 0.6) is 5.75 Å². The minimum absolute atomic E-state index is 0.00914. The minimum atomic E-state index is -4.84. The van der Waals surface area contributed by atoms with Crippen molar-refractivity contribution in [3.63, 3.8) is 0 Å². The van der Waals surface area contributed by atoms with Gasteiger partial charge >= 0.3 is 12.3 Å². The molecular formula is C13H7F4NO3. The number of alkyl halides is 3. The highest BCUT2D eigenvalue weighted by Crippen LogP contribution is 2.27. The van der Waals surface area contributed by atoms with Gasteiger partial charge < -0.3 is 9.84 Å². The predicted molar refractivity (Wildman–Crippen MR) is 63.3 cm³/mol. The third-order valence-corrected chi connectivity index (χ3v) is 2.44. The molecule has 2 rings (SSSR count). The highest BCUT2D eigenvalue weighted by atomic mass is 19.4. The first-order chi connectivity index (χ1) is 9.76. The maximum absolute atomic E-state index is 13.5. The number of benzene rings is 1. The zero-order valence-corrected chi connectivity index (χ0v) is 10.2. The summed E-state index contributed by atoms with van der Waals surface area (Å²) < 4.78 is 53.6. The normalized spacial score (nSPS) is 11.2. The van der Waals surface area contributed by atoms with Crippen molar-refractivity contribution in [2.45, 2.75) is 6.36 Å². The molecule has 0 atom stereocenters. The van der Waals surface area contributed by atoms with Crippen LogP contribution in [0.2, 0.25) is 0 Å². The Labute approximate surface area is 115 Å². The van der Waals surface area contributed by atoms with E-state index in [-0.39, 0.29) is 11.3 Å². The molecule has 0 amide bonds. The molecule has 0 radical (unpaired) electrons. The van der Waals surface area contributed by atoms with Gasteiger partial charge in [0.15, 0.2) is 0 Å². The second kappa shape index (κ2) is 5.39. The van der Waals surface area contributed by atoms with Gasteiger partial charge in [0.1, 0.15) is 11.3 Å². The van der Waals surface area contributed by atoms with Crippen molar-refractivity contribution in [1.29, 1.82) is 0 Å². The molecule has 0 unspecified atom stereocenters. The van der Waals surface area contributed by atoms with E-state index in [1.165, 1.54) is 18.2 Å². The summed E-state index contributed by atoms with van der Waals surface area (Å²) in [5, 5.41) is 8.67. The zero-order chi connectivity index (χ0) is 15.6. The number of carbonyl (C=O) groups is 1. The summed E-state index contributed by atoms with van der Waals surface area (Å²) in [5.74, 6) is -3.19. The van der Waals surface area contributed by atoms with Crippen molar-refractivity contribution in [2.24, 2.45) is 0 Å². The van der Waals surface area contributed by atoms with Gasteiger partial charge in [0.25, 0.3) is 0 Å². The van der Waals surface area contributed by atoms with Crippen LogP contribution in [0, 0.1) is 5.95 Å². The monoisotopic (exact) mass is 301 g/mol. The van der Waals surface area contributed by atoms with Crippen LogP contribution in [0.4, 0.5) is 17.6 Å². The maximum atomic E-state index is 13.5. The molecule has 1 heterocycles. The number of ether oxygens (including phenoxy) is 1. The van der Waals surface area contributed by atoms with E-state index in [2.05, 4.69) is 9.72 Å². The largest absolute Gasteiger partial charge is 0.573 e. The van der Waals surface area contributed by atoms with E-state index in [0.29, 0.717) is 0 Å². The molecule has 1 aromatic carbocycles. The Hall–Kier alpha value is -2.64. The van der Waals surface area contributed by atoms with Crippen molar-refractivity contribution in [2.75, 3.05) is 0 Å². The van der Waals surface area contributed by atoms with Gasteiger partial charge in [0, 0.05) is 5.56 Å². The van der Waals surface area contributed by atoms with Crippen LogP contribution in [0.15, 0.2) is 36.4 Å². The molecule has 0 saturated carbocycles. The number of carboxylic acid groups (broad SMARTS) is 1. The molecule has 21 heavy (non-hydrogen) atoms. The molecule has 4 nitrogen and oxygen atoms in total. The standard InChI is InChI=1S/C13H7F4NO3/c14-11-9(12(19)20)4-5-10(18-11)7-2-1-3-8(6-7)21-13(15,16)17/h1-6H,(H,19,20). The van der Waals surface area contributed by atoms with E-state index in [4.69, 9.17) is 5.11 Å². The van der Waals surface area contributed by atoms with Crippen LogP contribution in [0.1, 0.15) is 10.4 Å². The molecule has 0 aliphatic heterocycles. The average Bonchev–Trinajstić information content (AvgIpc) is 2.36. The Morgan fingerprint density at radius 1 is 1.19 bits per heavy atom. The topological polar surface area (TPSA) is 59.4 Å². The van der Waals surface area contributed by atoms with Crippen LogP contribution in [0.3, 0.4) is 0 Å². The third-order valence-electron chi connectivity index (χ3n) is 2.44. The highest BCUT2D eigenvalue weighted by Gasteiger charge is 2.31. The lowest BCUT2D eigenvalue weighted by molar-refractivity contribution is -0.274. The number of nitrogens with zero attached hydrogens (tertiary/aromatic N) is 1. The summed E-state index contributed by atoms with van der Waals surface area (Å²) in [6.45, 7) is 0. The Morgan fingerprint density at radius 2 is 1.90 bits per heavy atom.